The molecule has 4 aromatic carbocycles. The van der Waals surface area contributed by atoms with Gasteiger partial charge in [-0.3, -0.25) is 4.90 Å². The average molecular weight is 690 g/mol. The van der Waals surface area contributed by atoms with Crippen LogP contribution in [-0.2, 0) is 25.8 Å². The molecule has 46 heavy (non-hydrogen) atoms. The molecule has 0 saturated heterocycles. The molecule has 0 aliphatic carbocycles. The van der Waals surface area contributed by atoms with E-state index in [9.17, 15) is 10.2 Å². The third-order valence-electron chi connectivity index (χ3n) is 9.29. The van der Waals surface area contributed by atoms with Crippen LogP contribution in [0.2, 0.25) is 0 Å². The lowest BCUT2D eigenvalue weighted by molar-refractivity contribution is 0.225. The van der Waals surface area contributed by atoms with Gasteiger partial charge in [-0.1, -0.05) is 24.3 Å². The first-order valence-electron chi connectivity index (χ1n) is 15.5. The molecular formula is C37H41BrN2O6. The number of benzene rings is 4. The van der Waals surface area contributed by atoms with Crippen LogP contribution in [0.3, 0.4) is 0 Å². The highest BCUT2D eigenvalue weighted by molar-refractivity contribution is 9.10. The molecule has 8 nitrogen and oxygen atoms in total. The lowest BCUT2D eigenvalue weighted by atomic mass is 9.85. The quantitative estimate of drug-likeness (QED) is 0.191. The zero-order chi connectivity index (χ0) is 32.5. The molecule has 0 spiro atoms. The van der Waals surface area contributed by atoms with Gasteiger partial charge in [-0.2, -0.15) is 0 Å². The number of aromatic hydroxyl groups is 2. The number of methoxy groups -OCH3 is 3. The Labute approximate surface area is 279 Å². The fourth-order valence-corrected chi connectivity index (χ4v) is 7.87. The first-order chi connectivity index (χ1) is 22.2. The number of phenols is 2. The number of rotatable bonds is 9. The lowest BCUT2D eigenvalue weighted by Crippen LogP contribution is -2.34. The van der Waals surface area contributed by atoms with Crippen LogP contribution in [0, 0.1) is 0 Å². The standard InChI is InChI=1S/C37H41BrN2O6/c1-39-20-25(28-19-32(43-3)30(41)17-26(28)21-39)14-22-8-6-10-27(15-22)46-31-11-7-9-24(36(31)42)16-29-34-23(12-13-40(29)2)18-33(44-4)37(45-5)35(34)38/h6-11,15,17-19,25,29,41-42H,12-14,16,20-21H2,1-5H3/t25?,29-/m1/s1. The van der Waals surface area contributed by atoms with Gasteiger partial charge in [0.25, 0.3) is 0 Å². The number of phenolic OH excluding ortho intramolecular Hbond substituents is 2. The summed E-state index contributed by atoms with van der Waals surface area (Å²) < 4.78 is 23.9. The topological polar surface area (TPSA) is 83.9 Å². The molecular weight excluding hydrogens is 648 g/mol. The van der Waals surface area contributed by atoms with Crippen molar-refractivity contribution in [1.82, 2.24) is 9.80 Å². The van der Waals surface area contributed by atoms with Crippen LogP contribution in [0.1, 0.15) is 45.3 Å². The van der Waals surface area contributed by atoms with E-state index in [0.29, 0.717) is 35.2 Å². The molecule has 0 aromatic heterocycles. The van der Waals surface area contributed by atoms with Crippen molar-refractivity contribution in [2.75, 3.05) is 48.5 Å². The molecule has 1 unspecified atom stereocenters. The highest BCUT2D eigenvalue weighted by Gasteiger charge is 2.32. The van der Waals surface area contributed by atoms with Gasteiger partial charge >= 0.3 is 0 Å². The zero-order valence-electron chi connectivity index (χ0n) is 27.0. The minimum atomic E-state index is 0.0134. The molecule has 0 radical (unpaired) electrons. The van der Waals surface area contributed by atoms with E-state index in [1.165, 1.54) is 11.1 Å². The van der Waals surface area contributed by atoms with Crippen LogP contribution in [0.4, 0.5) is 0 Å². The van der Waals surface area contributed by atoms with E-state index in [0.717, 1.165) is 59.2 Å². The number of hydrogen-bond acceptors (Lipinski definition) is 8. The van der Waals surface area contributed by atoms with Crippen molar-refractivity contribution >= 4 is 15.9 Å². The highest BCUT2D eigenvalue weighted by Crippen LogP contribution is 2.47. The van der Waals surface area contributed by atoms with Crippen molar-refractivity contribution < 1.29 is 29.2 Å². The molecule has 0 amide bonds. The fraction of sp³-hybridized carbons (Fsp3) is 0.351. The van der Waals surface area contributed by atoms with Gasteiger partial charge in [-0.15, -0.1) is 0 Å². The second-order valence-electron chi connectivity index (χ2n) is 12.3. The molecule has 0 saturated carbocycles. The van der Waals surface area contributed by atoms with Crippen LogP contribution in [0.5, 0.6) is 40.2 Å². The average Bonchev–Trinajstić information content (AvgIpc) is 3.03. The summed E-state index contributed by atoms with van der Waals surface area (Å²) in [5, 5.41) is 21.8. The number of nitrogens with zero attached hydrogens (tertiary/aromatic N) is 2. The first-order valence-corrected chi connectivity index (χ1v) is 16.3. The molecule has 9 heteroatoms. The number of para-hydroxylation sites is 1. The Kier molecular flexibility index (Phi) is 9.36. The van der Waals surface area contributed by atoms with E-state index in [2.05, 4.69) is 52.0 Å². The predicted molar refractivity (Wildman–Crippen MR) is 182 cm³/mol. The molecule has 2 N–H and O–H groups in total. The van der Waals surface area contributed by atoms with Crippen molar-refractivity contribution in [3.63, 3.8) is 0 Å². The first kappa shape index (κ1) is 32.0. The van der Waals surface area contributed by atoms with E-state index in [-0.39, 0.29) is 23.5 Å². The lowest BCUT2D eigenvalue weighted by Gasteiger charge is -2.36. The van der Waals surface area contributed by atoms with Crippen molar-refractivity contribution in [1.29, 1.82) is 0 Å². The van der Waals surface area contributed by atoms with Crippen LogP contribution in [-0.4, -0.2) is 68.5 Å². The molecule has 2 aliphatic heterocycles. The summed E-state index contributed by atoms with van der Waals surface area (Å²) in [5.74, 6) is 3.48. The van der Waals surface area contributed by atoms with E-state index in [4.69, 9.17) is 18.9 Å². The van der Waals surface area contributed by atoms with Gasteiger partial charge in [0.2, 0.25) is 0 Å². The van der Waals surface area contributed by atoms with E-state index < -0.39 is 0 Å². The summed E-state index contributed by atoms with van der Waals surface area (Å²) in [5.41, 5.74) is 6.59. The second kappa shape index (κ2) is 13.4. The number of likely N-dealkylation sites (N-methyl/N-ethyl adjacent to an activating group) is 2. The minimum Gasteiger partial charge on any atom is -0.504 e. The molecule has 4 aromatic rings. The van der Waals surface area contributed by atoms with Crippen LogP contribution < -0.4 is 18.9 Å². The Balaban J connectivity index is 1.24. The van der Waals surface area contributed by atoms with Gasteiger partial charge < -0.3 is 34.1 Å². The number of hydrogen-bond donors (Lipinski definition) is 2. The van der Waals surface area contributed by atoms with Gasteiger partial charge in [0.15, 0.2) is 34.5 Å². The van der Waals surface area contributed by atoms with Crippen molar-refractivity contribution in [3.8, 4) is 40.2 Å². The normalized spacial score (nSPS) is 18.0. The van der Waals surface area contributed by atoms with Gasteiger partial charge in [0.05, 0.1) is 25.8 Å². The maximum absolute atomic E-state index is 11.5. The molecule has 2 aliphatic rings. The second-order valence-corrected chi connectivity index (χ2v) is 13.1. The van der Waals surface area contributed by atoms with E-state index in [1.54, 1.807) is 27.4 Å². The number of fused-ring (bicyclic) bond motifs is 2. The van der Waals surface area contributed by atoms with Gasteiger partial charge in [-0.05, 0) is 119 Å². The smallest absolute Gasteiger partial charge is 0.175 e. The Bertz CT molecular complexity index is 1740. The summed E-state index contributed by atoms with van der Waals surface area (Å²) in [7, 11) is 9.09. The summed E-state index contributed by atoms with van der Waals surface area (Å²) in [4.78, 5) is 4.59. The van der Waals surface area contributed by atoms with Gasteiger partial charge in [-0.25, -0.2) is 0 Å². The van der Waals surface area contributed by atoms with Crippen LogP contribution in [0.15, 0.2) is 65.1 Å². The summed E-state index contributed by atoms with van der Waals surface area (Å²) >= 11 is 3.80. The highest BCUT2D eigenvalue weighted by atomic mass is 79.9. The van der Waals surface area contributed by atoms with Crippen molar-refractivity contribution in [3.05, 3.63) is 98.5 Å². The largest absolute Gasteiger partial charge is 0.504 e. The molecule has 0 fully saturated rings. The summed E-state index contributed by atoms with van der Waals surface area (Å²) in [6.45, 7) is 2.56. The summed E-state index contributed by atoms with van der Waals surface area (Å²) in [6, 6.07) is 19.6. The molecule has 2 heterocycles. The predicted octanol–water partition coefficient (Wildman–Crippen LogP) is 7.22. The van der Waals surface area contributed by atoms with E-state index >= 15 is 0 Å². The van der Waals surface area contributed by atoms with E-state index in [1.807, 2.05) is 42.5 Å². The Morgan fingerprint density at radius 1 is 0.848 bits per heavy atom. The SMILES string of the molecule is COc1cc2c(cc1O)CN(C)CC2Cc1cccc(Oc2cccc(C[C@@H]3c4c(cc(OC)c(OC)c4Br)CCN3C)c2O)c1. The van der Waals surface area contributed by atoms with Gasteiger partial charge in [0, 0.05) is 31.6 Å². The number of ether oxygens (including phenoxy) is 4. The third kappa shape index (κ3) is 6.24. The Hall–Kier alpha value is -3.92. The Morgan fingerprint density at radius 3 is 2.39 bits per heavy atom. The molecule has 2 atom stereocenters. The van der Waals surface area contributed by atoms with Crippen molar-refractivity contribution in [2.45, 2.75) is 37.8 Å². The molecule has 242 valence electrons. The van der Waals surface area contributed by atoms with Crippen LogP contribution in [0.25, 0.3) is 0 Å². The fourth-order valence-electron chi connectivity index (χ4n) is 7.00. The Morgan fingerprint density at radius 2 is 1.63 bits per heavy atom. The minimum absolute atomic E-state index is 0.0134. The van der Waals surface area contributed by atoms with Crippen molar-refractivity contribution in [2.24, 2.45) is 0 Å². The summed E-state index contributed by atoms with van der Waals surface area (Å²) in [6.07, 6.45) is 2.28. The third-order valence-corrected chi connectivity index (χ3v) is 10.1. The monoisotopic (exact) mass is 688 g/mol. The maximum atomic E-state index is 11.5. The molecule has 6 rings (SSSR count). The maximum Gasteiger partial charge on any atom is 0.175 e. The van der Waals surface area contributed by atoms with Gasteiger partial charge in [0.1, 0.15) is 5.75 Å². The van der Waals surface area contributed by atoms with Crippen LogP contribution >= 0.6 is 15.9 Å². The number of halogens is 1. The molecule has 0 bridgehead atoms. The zero-order valence-corrected chi connectivity index (χ0v) is 28.6.